The quantitative estimate of drug-likeness (QED) is 0.435. The van der Waals surface area contributed by atoms with Crippen molar-refractivity contribution in [3.8, 4) is 0 Å². The number of unbranched alkanes of at least 4 members (excludes halogenated alkanes) is 2. The van der Waals surface area contributed by atoms with Crippen LogP contribution in [0, 0.1) is 0 Å². The standard InChI is InChI=1S/C15H23Cl/c1-3-5-6-8-15(16)14-11-9-13(7-4-2)10-12-14/h9-12,15H,3-8H2,1-2H3. The van der Waals surface area contributed by atoms with Crippen LogP contribution >= 0.6 is 11.6 Å². The summed E-state index contributed by atoms with van der Waals surface area (Å²) in [5.74, 6) is 0. The van der Waals surface area contributed by atoms with E-state index in [0.717, 1.165) is 6.42 Å². The fourth-order valence-electron chi connectivity index (χ4n) is 1.92. The van der Waals surface area contributed by atoms with Crippen molar-refractivity contribution in [3.05, 3.63) is 35.4 Å². The Balaban J connectivity index is 2.46. The molecule has 0 aliphatic heterocycles. The molecule has 0 aromatic heterocycles. The molecule has 0 heterocycles. The van der Waals surface area contributed by atoms with E-state index in [4.69, 9.17) is 11.6 Å². The van der Waals surface area contributed by atoms with Gasteiger partial charge in [-0.3, -0.25) is 0 Å². The van der Waals surface area contributed by atoms with Crippen molar-refractivity contribution in [2.45, 2.75) is 57.7 Å². The lowest BCUT2D eigenvalue weighted by Gasteiger charge is -2.10. The Kier molecular flexibility index (Phi) is 6.56. The molecule has 0 fully saturated rings. The van der Waals surface area contributed by atoms with Gasteiger partial charge in [0.15, 0.2) is 0 Å². The van der Waals surface area contributed by atoms with Gasteiger partial charge < -0.3 is 0 Å². The zero-order valence-corrected chi connectivity index (χ0v) is 11.3. The summed E-state index contributed by atoms with van der Waals surface area (Å²) >= 11 is 6.37. The summed E-state index contributed by atoms with van der Waals surface area (Å²) < 4.78 is 0. The highest BCUT2D eigenvalue weighted by Gasteiger charge is 2.06. The maximum Gasteiger partial charge on any atom is 0.0585 e. The van der Waals surface area contributed by atoms with Crippen LogP contribution in [-0.4, -0.2) is 0 Å². The van der Waals surface area contributed by atoms with Crippen molar-refractivity contribution in [1.82, 2.24) is 0 Å². The molecule has 0 saturated heterocycles. The van der Waals surface area contributed by atoms with Gasteiger partial charge in [-0.05, 0) is 24.0 Å². The summed E-state index contributed by atoms with van der Waals surface area (Å²) in [5, 5.41) is 0.197. The van der Waals surface area contributed by atoms with Crippen molar-refractivity contribution in [2.75, 3.05) is 0 Å². The SMILES string of the molecule is CCCCCC(Cl)c1ccc(CCC)cc1. The van der Waals surface area contributed by atoms with Gasteiger partial charge >= 0.3 is 0 Å². The number of benzene rings is 1. The second kappa shape index (κ2) is 7.73. The molecule has 0 radical (unpaired) electrons. The molecule has 0 bridgehead atoms. The minimum Gasteiger partial charge on any atom is -0.118 e. The molecule has 0 N–H and O–H groups in total. The highest BCUT2D eigenvalue weighted by molar-refractivity contribution is 6.20. The first-order chi connectivity index (χ1) is 7.77. The molecule has 0 saturated carbocycles. The zero-order valence-electron chi connectivity index (χ0n) is 10.5. The molecule has 1 atom stereocenters. The number of rotatable bonds is 7. The van der Waals surface area contributed by atoms with Crippen LogP contribution < -0.4 is 0 Å². The number of halogens is 1. The molecule has 1 rings (SSSR count). The van der Waals surface area contributed by atoms with Gasteiger partial charge in [-0.1, -0.05) is 63.8 Å². The van der Waals surface area contributed by atoms with Gasteiger partial charge in [0.25, 0.3) is 0 Å². The van der Waals surface area contributed by atoms with Crippen LogP contribution in [0.15, 0.2) is 24.3 Å². The Morgan fingerprint density at radius 1 is 1.00 bits per heavy atom. The van der Waals surface area contributed by atoms with Crippen LogP contribution in [-0.2, 0) is 6.42 Å². The molecular weight excluding hydrogens is 216 g/mol. The van der Waals surface area contributed by atoms with E-state index in [1.807, 2.05) is 0 Å². The van der Waals surface area contributed by atoms with Gasteiger partial charge in [-0.15, -0.1) is 11.6 Å². The molecule has 0 spiro atoms. The third-order valence-corrected chi connectivity index (χ3v) is 3.41. The number of alkyl halides is 1. The van der Waals surface area contributed by atoms with Crippen molar-refractivity contribution in [2.24, 2.45) is 0 Å². The van der Waals surface area contributed by atoms with Crippen molar-refractivity contribution >= 4 is 11.6 Å². The minimum atomic E-state index is 0.197. The Labute approximate surface area is 105 Å². The predicted octanol–water partition coefficient (Wildman–Crippen LogP) is 5.50. The summed E-state index contributed by atoms with van der Waals surface area (Å²) in [5.41, 5.74) is 2.70. The average Bonchev–Trinajstić information content (AvgIpc) is 2.30. The Hall–Kier alpha value is -0.490. The minimum absolute atomic E-state index is 0.197. The molecular formula is C15H23Cl. The maximum atomic E-state index is 6.37. The van der Waals surface area contributed by atoms with Crippen LogP contribution in [0.25, 0.3) is 0 Å². The summed E-state index contributed by atoms with van der Waals surface area (Å²) in [6.07, 6.45) is 7.27. The molecule has 0 amide bonds. The summed E-state index contributed by atoms with van der Waals surface area (Å²) in [6.45, 7) is 4.44. The lowest BCUT2D eigenvalue weighted by atomic mass is 10.0. The van der Waals surface area contributed by atoms with E-state index < -0.39 is 0 Å². The molecule has 1 unspecified atom stereocenters. The first-order valence-electron chi connectivity index (χ1n) is 6.50. The second-order valence-corrected chi connectivity index (χ2v) is 4.98. The van der Waals surface area contributed by atoms with Gasteiger partial charge in [-0.25, -0.2) is 0 Å². The molecule has 1 aromatic rings. The van der Waals surface area contributed by atoms with Gasteiger partial charge in [0.1, 0.15) is 0 Å². The highest BCUT2D eigenvalue weighted by Crippen LogP contribution is 2.26. The largest absolute Gasteiger partial charge is 0.118 e. The van der Waals surface area contributed by atoms with E-state index in [1.54, 1.807) is 0 Å². The van der Waals surface area contributed by atoms with Crippen LogP contribution in [0.5, 0.6) is 0 Å². The monoisotopic (exact) mass is 238 g/mol. The number of aryl methyl sites for hydroxylation is 1. The van der Waals surface area contributed by atoms with E-state index in [1.165, 1.54) is 43.2 Å². The van der Waals surface area contributed by atoms with E-state index in [9.17, 15) is 0 Å². The first-order valence-corrected chi connectivity index (χ1v) is 6.94. The molecule has 1 aromatic carbocycles. The topological polar surface area (TPSA) is 0 Å². The Bertz CT molecular complexity index is 276. The Morgan fingerprint density at radius 2 is 1.69 bits per heavy atom. The first kappa shape index (κ1) is 13.6. The van der Waals surface area contributed by atoms with Crippen LogP contribution in [0.2, 0.25) is 0 Å². The van der Waals surface area contributed by atoms with Gasteiger partial charge in [0.05, 0.1) is 5.38 Å². The second-order valence-electron chi connectivity index (χ2n) is 4.45. The number of hydrogen-bond donors (Lipinski definition) is 0. The highest BCUT2D eigenvalue weighted by atomic mass is 35.5. The van der Waals surface area contributed by atoms with Gasteiger partial charge in [-0.2, -0.15) is 0 Å². The van der Waals surface area contributed by atoms with Crippen molar-refractivity contribution in [3.63, 3.8) is 0 Å². The fraction of sp³-hybridized carbons (Fsp3) is 0.600. The summed E-state index contributed by atoms with van der Waals surface area (Å²) in [4.78, 5) is 0. The maximum absolute atomic E-state index is 6.37. The van der Waals surface area contributed by atoms with Crippen molar-refractivity contribution in [1.29, 1.82) is 0 Å². The van der Waals surface area contributed by atoms with Crippen LogP contribution in [0.4, 0.5) is 0 Å². The molecule has 0 aliphatic carbocycles. The normalized spacial score (nSPS) is 12.7. The summed E-state index contributed by atoms with van der Waals surface area (Å²) in [7, 11) is 0. The molecule has 0 nitrogen and oxygen atoms in total. The van der Waals surface area contributed by atoms with Crippen LogP contribution in [0.3, 0.4) is 0 Å². The predicted molar refractivity (Wildman–Crippen MR) is 73.2 cm³/mol. The smallest absolute Gasteiger partial charge is 0.0585 e. The van der Waals surface area contributed by atoms with E-state index in [2.05, 4.69) is 38.1 Å². The van der Waals surface area contributed by atoms with Crippen molar-refractivity contribution < 1.29 is 0 Å². The fourth-order valence-corrected chi connectivity index (χ4v) is 2.22. The zero-order chi connectivity index (χ0) is 11.8. The molecule has 0 aliphatic rings. The third kappa shape index (κ3) is 4.57. The lowest BCUT2D eigenvalue weighted by molar-refractivity contribution is 0.655. The van der Waals surface area contributed by atoms with Gasteiger partial charge in [0.2, 0.25) is 0 Å². The van der Waals surface area contributed by atoms with E-state index in [0.29, 0.717) is 0 Å². The third-order valence-electron chi connectivity index (χ3n) is 2.94. The summed E-state index contributed by atoms with van der Waals surface area (Å²) in [6, 6.07) is 8.81. The van der Waals surface area contributed by atoms with Gasteiger partial charge in [0, 0.05) is 0 Å². The average molecular weight is 239 g/mol. The molecule has 90 valence electrons. The van der Waals surface area contributed by atoms with E-state index in [-0.39, 0.29) is 5.38 Å². The van der Waals surface area contributed by atoms with E-state index >= 15 is 0 Å². The number of hydrogen-bond acceptors (Lipinski definition) is 0. The lowest BCUT2D eigenvalue weighted by Crippen LogP contribution is -1.92. The molecule has 1 heteroatoms. The van der Waals surface area contributed by atoms with Crippen LogP contribution in [0.1, 0.15) is 62.5 Å². The Morgan fingerprint density at radius 3 is 2.25 bits per heavy atom. The molecule has 16 heavy (non-hydrogen) atoms.